The first-order valence-electron chi connectivity index (χ1n) is 5.10. The first-order chi connectivity index (χ1) is 8.09. The average molecular weight is 239 g/mol. The molecule has 1 rings (SSSR count). The Morgan fingerprint density at radius 1 is 1.29 bits per heavy atom. The van der Waals surface area contributed by atoms with Crippen molar-refractivity contribution in [2.75, 3.05) is 13.2 Å². The molecule has 17 heavy (non-hydrogen) atoms. The zero-order chi connectivity index (χ0) is 12.7. The molecule has 0 saturated carbocycles. The second-order valence-electron chi connectivity index (χ2n) is 3.29. The Morgan fingerprint density at radius 2 is 1.94 bits per heavy atom. The number of ether oxygens (including phenoxy) is 2. The summed E-state index contributed by atoms with van der Waals surface area (Å²) in [6.07, 6.45) is 0.580. The van der Waals surface area contributed by atoms with Crippen molar-refractivity contribution in [3.8, 4) is 5.75 Å². The first-order valence-corrected chi connectivity index (χ1v) is 5.10. The third-order valence-electron chi connectivity index (χ3n) is 1.91. The summed E-state index contributed by atoms with van der Waals surface area (Å²) in [5, 5.41) is 10.4. The summed E-state index contributed by atoms with van der Waals surface area (Å²) in [7, 11) is 0. The van der Waals surface area contributed by atoms with E-state index in [-0.39, 0.29) is 11.7 Å². The third kappa shape index (κ3) is 4.96. The van der Waals surface area contributed by atoms with Crippen molar-refractivity contribution < 1.29 is 19.2 Å². The molecule has 6 heteroatoms. The van der Waals surface area contributed by atoms with Gasteiger partial charge in [-0.3, -0.25) is 14.9 Å². The van der Waals surface area contributed by atoms with Gasteiger partial charge in [0.15, 0.2) is 0 Å². The van der Waals surface area contributed by atoms with Crippen molar-refractivity contribution in [2.24, 2.45) is 0 Å². The highest BCUT2D eigenvalue weighted by Crippen LogP contribution is 2.17. The van der Waals surface area contributed by atoms with E-state index in [1.54, 1.807) is 0 Å². The predicted octanol–water partition coefficient (Wildman–Crippen LogP) is 1.93. The van der Waals surface area contributed by atoms with Crippen molar-refractivity contribution in [3.05, 3.63) is 34.4 Å². The summed E-state index contributed by atoms with van der Waals surface area (Å²) in [4.78, 5) is 20.4. The maximum absolute atomic E-state index is 10.5. The number of esters is 1. The number of nitro groups is 1. The number of nitro benzene ring substituents is 1. The number of carbonyl (C=O) groups excluding carboxylic acids is 1. The van der Waals surface area contributed by atoms with Gasteiger partial charge in [0.05, 0.1) is 18.1 Å². The molecule has 0 amide bonds. The minimum atomic E-state index is -0.468. The van der Waals surface area contributed by atoms with Gasteiger partial charge in [0.1, 0.15) is 5.75 Å². The number of carbonyl (C=O) groups is 1. The minimum Gasteiger partial charge on any atom is -0.493 e. The zero-order valence-corrected chi connectivity index (χ0v) is 9.42. The lowest BCUT2D eigenvalue weighted by molar-refractivity contribution is -0.384. The SMILES string of the molecule is CC(=O)OCCCOc1ccc([N+](=O)[O-])cc1. The summed E-state index contributed by atoms with van der Waals surface area (Å²) in [5.41, 5.74) is 0.0252. The third-order valence-corrected chi connectivity index (χ3v) is 1.91. The number of benzene rings is 1. The minimum absolute atomic E-state index is 0.0252. The quantitative estimate of drug-likeness (QED) is 0.328. The standard InChI is InChI=1S/C11H13NO5/c1-9(13)16-7-2-8-17-11-5-3-10(4-6-11)12(14)15/h3-6H,2,7-8H2,1H3. The van der Waals surface area contributed by atoms with Crippen LogP contribution in [0.4, 0.5) is 5.69 Å². The molecule has 0 heterocycles. The lowest BCUT2D eigenvalue weighted by atomic mass is 10.3. The zero-order valence-electron chi connectivity index (χ0n) is 9.42. The van der Waals surface area contributed by atoms with Crippen LogP contribution in [0.2, 0.25) is 0 Å². The van der Waals surface area contributed by atoms with Gasteiger partial charge in [0.2, 0.25) is 0 Å². The number of non-ortho nitro benzene ring substituents is 1. The van der Waals surface area contributed by atoms with E-state index in [2.05, 4.69) is 0 Å². The molecular formula is C11H13NO5. The van der Waals surface area contributed by atoms with Crippen LogP contribution in [0.25, 0.3) is 0 Å². The second-order valence-corrected chi connectivity index (χ2v) is 3.29. The summed E-state index contributed by atoms with van der Waals surface area (Å²) < 4.78 is 10.0. The van der Waals surface area contributed by atoms with Gasteiger partial charge in [-0.2, -0.15) is 0 Å². The molecule has 0 unspecified atom stereocenters. The highest BCUT2D eigenvalue weighted by atomic mass is 16.6. The van der Waals surface area contributed by atoms with E-state index in [0.29, 0.717) is 25.4 Å². The van der Waals surface area contributed by atoms with E-state index >= 15 is 0 Å². The molecule has 0 fully saturated rings. The predicted molar refractivity (Wildman–Crippen MR) is 59.8 cm³/mol. The molecule has 0 atom stereocenters. The first kappa shape index (κ1) is 13.0. The highest BCUT2D eigenvalue weighted by Gasteiger charge is 2.04. The van der Waals surface area contributed by atoms with E-state index in [1.165, 1.54) is 31.2 Å². The molecule has 0 aromatic heterocycles. The summed E-state index contributed by atoms with van der Waals surface area (Å²) in [6.45, 7) is 2.05. The fourth-order valence-electron chi connectivity index (χ4n) is 1.13. The van der Waals surface area contributed by atoms with Crippen LogP contribution in [0.15, 0.2) is 24.3 Å². The van der Waals surface area contributed by atoms with Crippen molar-refractivity contribution in [3.63, 3.8) is 0 Å². The Morgan fingerprint density at radius 3 is 2.47 bits per heavy atom. The molecule has 92 valence electrons. The number of hydrogen-bond donors (Lipinski definition) is 0. The van der Waals surface area contributed by atoms with Gasteiger partial charge in [-0.1, -0.05) is 0 Å². The summed E-state index contributed by atoms with van der Waals surface area (Å²) >= 11 is 0. The molecule has 1 aromatic rings. The molecule has 0 aliphatic carbocycles. The molecular weight excluding hydrogens is 226 g/mol. The van der Waals surface area contributed by atoms with Crippen molar-refractivity contribution in [2.45, 2.75) is 13.3 Å². The topological polar surface area (TPSA) is 78.7 Å². The summed E-state index contributed by atoms with van der Waals surface area (Å²) in [6, 6.07) is 5.82. The summed E-state index contributed by atoms with van der Waals surface area (Å²) in [5.74, 6) is 0.235. The van der Waals surface area contributed by atoms with E-state index < -0.39 is 4.92 Å². The Hall–Kier alpha value is -2.11. The van der Waals surface area contributed by atoms with Gasteiger partial charge >= 0.3 is 5.97 Å². The Kier molecular flexibility index (Phi) is 4.93. The van der Waals surface area contributed by atoms with E-state index in [4.69, 9.17) is 9.47 Å². The lowest BCUT2D eigenvalue weighted by Gasteiger charge is -2.05. The smallest absolute Gasteiger partial charge is 0.302 e. The van der Waals surface area contributed by atoms with E-state index in [9.17, 15) is 14.9 Å². The van der Waals surface area contributed by atoms with Crippen molar-refractivity contribution in [1.82, 2.24) is 0 Å². The molecule has 1 aromatic carbocycles. The van der Waals surface area contributed by atoms with Crippen LogP contribution in [0, 0.1) is 10.1 Å². The van der Waals surface area contributed by atoms with Crippen molar-refractivity contribution >= 4 is 11.7 Å². The number of nitrogens with zero attached hydrogens (tertiary/aromatic N) is 1. The van der Waals surface area contributed by atoms with E-state index in [0.717, 1.165) is 0 Å². The molecule has 0 spiro atoms. The average Bonchev–Trinajstić information content (AvgIpc) is 2.29. The van der Waals surface area contributed by atoms with Gasteiger partial charge in [0, 0.05) is 25.5 Å². The second kappa shape index (κ2) is 6.47. The Labute approximate surface area is 98.3 Å². The largest absolute Gasteiger partial charge is 0.493 e. The van der Waals surface area contributed by atoms with Crippen LogP contribution in [-0.4, -0.2) is 24.1 Å². The molecule has 0 radical (unpaired) electrons. The van der Waals surface area contributed by atoms with Gasteiger partial charge < -0.3 is 9.47 Å². The Balaban J connectivity index is 2.27. The number of hydrogen-bond acceptors (Lipinski definition) is 5. The van der Waals surface area contributed by atoms with Crippen molar-refractivity contribution in [1.29, 1.82) is 0 Å². The van der Waals surface area contributed by atoms with Crippen LogP contribution >= 0.6 is 0 Å². The van der Waals surface area contributed by atoms with Crippen LogP contribution in [0.3, 0.4) is 0 Å². The molecule has 0 aliphatic rings. The normalized spacial score (nSPS) is 9.71. The van der Waals surface area contributed by atoms with Gasteiger partial charge in [-0.25, -0.2) is 0 Å². The molecule has 6 nitrogen and oxygen atoms in total. The van der Waals surface area contributed by atoms with Gasteiger partial charge in [0.25, 0.3) is 5.69 Å². The maximum Gasteiger partial charge on any atom is 0.302 e. The molecule has 0 N–H and O–H groups in total. The van der Waals surface area contributed by atoms with Gasteiger partial charge in [-0.05, 0) is 12.1 Å². The molecule has 0 aliphatic heterocycles. The van der Waals surface area contributed by atoms with Crippen LogP contribution in [0.5, 0.6) is 5.75 Å². The molecule has 0 bridgehead atoms. The van der Waals surface area contributed by atoms with Crippen LogP contribution in [0.1, 0.15) is 13.3 Å². The fraction of sp³-hybridized carbons (Fsp3) is 0.364. The van der Waals surface area contributed by atoms with Gasteiger partial charge in [-0.15, -0.1) is 0 Å². The fourth-order valence-corrected chi connectivity index (χ4v) is 1.13. The number of rotatable bonds is 6. The Bertz CT molecular complexity index is 387. The monoisotopic (exact) mass is 239 g/mol. The van der Waals surface area contributed by atoms with Crippen LogP contribution < -0.4 is 4.74 Å². The molecule has 0 saturated heterocycles. The maximum atomic E-state index is 10.5. The highest BCUT2D eigenvalue weighted by molar-refractivity contribution is 5.65. The lowest BCUT2D eigenvalue weighted by Crippen LogP contribution is -2.05. The van der Waals surface area contributed by atoms with E-state index in [1.807, 2.05) is 0 Å². The van der Waals surface area contributed by atoms with Crippen LogP contribution in [-0.2, 0) is 9.53 Å².